The van der Waals surface area contributed by atoms with Crippen molar-refractivity contribution in [1.82, 2.24) is 5.32 Å². The molecular weight excluding hydrogens is 621 g/mol. The van der Waals surface area contributed by atoms with Gasteiger partial charge in [-0.3, -0.25) is 19.2 Å². The number of amides is 4. The molecule has 0 unspecified atom stereocenters. The van der Waals surface area contributed by atoms with Crippen LogP contribution in [0.5, 0.6) is 0 Å². The number of anilines is 2. The van der Waals surface area contributed by atoms with Gasteiger partial charge in [0.05, 0.1) is 10.9 Å². The first kappa shape index (κ1) is 29.0. The van der Waals surface area contributed by atoms with E-state index in [1.807, 2.05) is 0 Å². The van der Waals surface area contributed by atoms with E-state index in [-0.39, 0.29) is 23.9 Å². The molecule has 1 aliphatic heterocycles. The maximum Gasteiger partial charge on any atom is 0.272 e. The second-order valence-electron chi connectivity index (χ2n) is 9.27. The summed E-state index contributed by atoms with van der Waals surface area (Å²) in [6, 6.07) is 27.8. The third-order valence-corrected chi connectivity index (χ3v) is 7.96. The smallest absolute Gasteiger partial charge is 0.272 e. The summed E-state index contributed by atoms with van der Waals surface area (Å²) < 4.78 is 14.7. The highest BCUT2D eigenvalue weighted by atomic mass is 79.9. The highest BCUT2D eigenvalue weighted by Crippen LogP contribution is 2.35. The van der Waals surface area contributed by atoms with E-state index in [4.69, 9.17) is 0 Å². The van der Waals surface area contributed by atoms with E-state index >= 15 is 0 Å². The molecule has 4 aromatic carbocycles. The van der Waals surface area contributed by atoms with Crippen LogP contribution in [0.15, 0.2) is 118 Å². The van der Waals surface area contributed by atoms with Gasteiger partial charge >= 0.3 is 0 Å². The van der Waals surface area contributed by atoms with Gasteiger partial charge in [-0.05, 0) is 78.4 Å². The summed E-state index contributed by atoms with van der Waals surface area (Å²) in [6.07, 6.45) is 1.43. The predicted octanol–water partition coefficient (Wildman–Crippen LogP) is 6.42. The van der Waals surface area contributed by atoms with Gasteiger partial charge in [0, 0.05) is 27.0 Å². The zero-order valence-corrected chi connectivity index (χ0v) is 24.3. The van der Waals surface area contributed by atoms with Crippen LogP contribution in [-0.4, -0.2) is 28.9 Å². The van der Waals surface area contributed by atoms with Crippen LogP contribution in [0.3, 0.4) is 0 Å². The molecule has 1 aliphatic rings. The molecule has 10 heteroatoms. The molecule has 4 aromatic rings. The Bertz CT molecular complexity index is 1700. The van der Waals surface area contributed by atoms with Crippen molar-refractivity contribution in [3.8, 4) is 0 Å². The van der Waals surface area contributed by atoms with Gasteiger partial charge in [0.1, 0.15) is 11.5 Å². The molecule has 0 radical (unpaired) electrons. The van der Waals surface area contributed by atoms with E-state index in [0.717, 1.165) is 4.47 Å². The third-order valence-electron chi connectivity index (χ3n) is 6.25. The van der Waals surface area contributed by atoms with E-state index in [9.17, 15) is 23.6 Å². The number of imide groups is 1. The molecule has 0 spiro atoms. The van der Waals surface area contributed by atoms with Crippen LogP contribution >= 0.6 is 27.7 Å². The second kappa shape index (κ2) is 13.0. The molecule has 0 aliphatic carbocycles. The summed E-state index contributed by atoms with van der Waals surface area (Å²) in [4.78, 5) is 53.8. The number of hydrogen-bond donors (Lipinski definition) is 2. The number of rotatable bonds is 8. The Kier molecular flexibility index (Phi) is 8.94. The van der Waals surface area contributed by atoms with Gasteiger partial charge in [-0.1, -0.05) is 52.3 Å². The fourth-order valence-corrected chi connectivity index (χ4v) is 5.65. The normalized spacial score (nSPS) is 15.0. The van der Waals surface area contributed by atoms with Crippen LogP contribution < -0.4 is 15.5 Å². The van der Waals surface area contributed by atoms with Gasteiger partial charge < -0.3 is 10.6 Å². The summed E-state index contributed by atoms with van der Waals surface area (Å²) >= 11 is 4.58. The Hall–Kier alpha value is -4.54. The predicted molar refractivity (Wildman–Crippen MR) is 164 cm³/mol. The average Bonchev–Trinajstić information content (AvgIpc) is 3.25. The Morgan fingerprint density at radius 3 is 2.38 bits per heavy atom. The molecule has 210 valence electrons. The number of halogens is 2. The van der Waals surface area contributed by atoms with E-state index in [1.165, 1.54) is 40.9 Å². The van der Waals surface area contributed by atoms with Crippen molar-refractivity contribution in [3.05, 3.63) is 130 Å². The average molecular weight is 645 g/mol. The van der Waals surface area contributed by atoms with Crippen LogP contribution in [0.2, 0.25) is 0 Å². The molecule has 1 fully saturated rings. The lowest BCUT2D eigenvalue weighted by Crippen LogP contribution is -2.31. The molecule has 0 aromatic heterocycles. The minimum atomic E-state index is -0.626. The fourth-order valence-electron chi connectivity index (χ4n) is 4.27. The Morgan fingerprint density at radius 2 is 1.64 bits per heavy atom. The van der Waals surface area contributed by atoms with E-state index in [0.29, 0.717) is 27.4 Å². The quantitative estimate of drug-likeness (QED) is 0.171. The largest absolute Gasteiger partial charge is 0.321 e. The maximum atomic E-state index is 13.8. The summed E-state index contributed by atoms with van der Waals surface area (Å²) in [6.45, 7) is 0. The molecule has 1 saturated heterocycles. The van der Waals surface area contributed by atoms with Gasteiger partial charge in [0.15, 0.2) is 0 Å². The molecule has 5 rings (SSSR count). The van der Waals surface area contributed by atoms with Gasteiger partial charge in [-0.2, -0.15) is 0 Å². The summed E-state index contributed by atoms with van der Waals surface area (Å²) in [5.41, 5.74) is 1.56. The topological polar surface area (TPSA) is 95.6 Å². The Balaban J connectivity index is 1.32. The zero-order chi connectivity index (χ0) is 29.6. The van der Waals surface area contributed by atoms with Gasteiger partial charge in [-0.25, -0.2) is 9.29 Å². The molecular formula is C32H23BrFN3O4S. The SMILES string of the molecule is O=C(Nc1cccc(S[C@H]2CC(=O)N(c3ccc(Br)cc3)C2=O)c1)/C(=C/c1cccc(F)c1)NC(=O)c1ccccc1. The van der Waals surface area contributed by atoms with Crippen molar-refractivity contribution < 1.29 is 23.6 Å². The number of benzene rings is 4. The van der Waals surface area contributed by atoms with E-state index < -0.39 is 22.9 Å². The van der Waals surface area contributed by atoms with Gasteiger partial charge in [-0.15, -0.1) is 11.8 Å². The lowest BCUT2D eigenvalue weighted by atomic mass is 10.1. The third kappa shape index (κ3) is 7.02. The van der Waals surface area contributed by atoms with Gasteiger partial charge in [0.2, 0.25) is 11.8 Å². The molecule has 0 bridgehead atoms. The minimum absolute atomic E-state index is 0.0438. The standard InChI is InChI=1S/C32H23BrFN3O4S/c33-22-12-14-25(15-13-22)37-29(38)19-28(32(37)41)42-26-11-5-10-24(18-26)35-31(40)27(17-20-6-4-9-23(34)16-20)36-30(39)21-7-2-1-3-8-21/h1-18,28H,19H2,(H,35,40)(H,36,39)/b27-17-/t28-/m0/s1. The first-order valence-corrected chi connectivity index (χ1v) is 14.5. The number of carbonyl (C=O) groups excluding carboxylic acids is 4. The maximum absolute atomic E-state index is 13.8. The summed E-state index contributed by atoms with van der Waals surface area (Å²) in [7, 11) is 0. The Morgan fingerprint density at radius 1 is 0.905 bits per heavy atom. The van der Waals surface area contributed by atoms with Gasteiger partial charge in [0.25, 0.3) is 11.8 Å². The van der Waals surface area contributed by atoms with Crippen LogP contribution in [0.4, 0.5) is 15.8 Å². The highest BCUT2D eigenvalue weighted by molar-refractivity contribution is 9.10. The number of nitrogens with zero attached hydrogens (tertiary/aromatic N) is 1. The number of thioether (sulfide) groups is 1. The van der Waals surface area contributed by atoms with Crippen LogP contribution in [-0.2, 0) is 14.4 Å². The second-order valence-corrected chi connectivity index (χ2v) is 11.5. The number of nitrogens with one attached hydrogen (secondary N) is 2. The summed E-state index contributed by atoms with van der Waals surface area (Å²) in [5.74, 6) is -2.21. The molecule has 7 nitrogen and oxygen atoms in total. The molecule has 1 heterocycles. The molecule has 1 atom stereocenters. The molecule has 2 N–H and O–H groups in total. The number of carbonyl (C=O) groups is 4. The molecule has 4 amide bonds. The van der Waals surface area contributed by atoms with Crippen molar-refractivity contribution in [1.29, 1.82) is 0 Å². The first-order valence-electron chi connectivity index (χ1n) is 12.8. The Labute approximate surface area is 253 Å². The molecule has 42 heavy (non-hydrogen) atoms. The van der Waals surface area contributed by atoms with Crippen molar-refractivity contribution >= 4 is 68.8 Å². The van der Waals surface area contributed by atoms with Crippen molar-refractivity contribution in [2.24, 2.45) is 0 Å². The van der Waals surface area contributed by atoms with Crippen molar-refractivity contribution in [2.45, 2.75) is 16.6 Å². The monoisotopic (exact) mass is 643 g/mol. The van der Waals surface area contributed by atoms with Crippen LogP contribution in [0.25, 0.3) is 6.08 Å². The zero-order valence-electron chi connectivity index (χ0n) is 21.9. The van der Waals surface area contributed by atoms with Crippen molar-refractivity contribution in [3.63, 3.8) is 0 Å². The molecule has 0 saturated carbocycles. The van der Waals surface area contributed by atoms with E-state index in [1.54, 1.807) is 84.9 Å². The van der Waals surface area contributed by atoms with Crippen molar-refractivity contribution in [2.75, 3.05) is 10.2 Å². The highest BCUT2D eigenvalue weighted by Gasteiger charge is 2.40. The lowest BCUT2D eigenvalue weighted by Gasteiger charge is -2.15. The number of hydrogen-bond acceptors (Lipinski definition) is 5. The first-order chi connectivity index (χ1) is 20.3. The van der Waals surface area contributed by atoms with Crippen LogP contribution in [0, 0.1) is 5.82 Å². The fraction of sp³-hybridized carbons (Fsp3) is 0.0625. The van der Waals surface area contributed by atoms with Crippen LogP contribution in [0.1, 0.15) is 22.3 Å². The minimum Gasteiger partial charge on any atom is -0.321 e. The lowest BCUT2D eigenvalue weighted by molar-refractivity contribution is -0.121. The summed E-state index contributed by atoms with van der Waals surface area (Å²) in [5, 5.41) is 4.76. The van der Waals surface area contributed by atoms with E-state index in [2.05, 4.69) is 26.6 Å².